The summed E-state index contributed by atoms with van der Waals surface area (Å²) in [7, 11) is 0. The fourth-order valence-electron chi connectivity index (χ4n) is 16.4. The molecule has 474 valence electrons. The van der Waals surface area contributed by atoms with Crippen molar-refractivity contribution >= 4 is 109 Å². The van der Waals surface area contributed by atoms with Crippen molar-refractivity contribution in [1.82, 2.24) is 28.2 Å². The normalized spacial score (nSPS) is 11.9. The summed E-state index contributed by atoms with van der Waals surface area (Å²) < 4.78 is 9.47. The number of hydrogen-bond donors (Lipinski definition) is 0. The van der Waals surface area contributed by atoms with E-state index in [9.17, 15) is 0 Å². The van der Waals surface area contributed by atoms with Gasteiger partial charge in [0, 0.05) is 65.2 Å². The first kappa shape index (κ1) is 57.4. The maximum absolute atomic E-state index is 5.91. The third kappa shape index (κ3) is 9.13. The predicted octanol–water partition coefficient (Wildman–Crippen LogP) is 25.2. The number of benzene rings is 15. The van der Waals surface area contributed by atoms with Gasteiger partial charge in [0.05, 0.1) is 55.2 Å². The summed E-state index contributed by atoms with van der Waals surface area (Å²) in [5, 5.41) is 11.5. The van der Waals surface area contributed by atoms with Gasteiger partial charge in [0.2, 0.25) is 0 Å². The van der Waals surface area contributed by atoms with Crippen LogP contribution in [0.2, 0.25) is 0 Å². The van der Waals surface area contributed by atoms with Gasteiger partial charge in [0.15, 0.2) is 0 Å². The Morgan fingerprint density at radius 1 is 0.167 bits per heavy atom. The quantitative estimate of drug-likeness (QED) is 0.128. The van der Waals surface area contributed by atoms with Crippen molar-refractivity contribution in [3.8, 4) is 89.8 Å². The first-order valence-corrected chi connectivity index (χ1v) is 34.9. The van der Waals surface area contributed by atoms with Crippen molar-refractivity contribution in [3.05, 3.63) is 364 Å². The van der Waals surface area contributed by atoms with Crippen molar-refractivity contribution < 1.29 is 0 Å². The Labute approximate surface area is 587 Å². The van der Waals surface area contributed by atoms with Gasteiger partial charge >= 0.3 is 0 Å². The Kier molecular flexibility index (Phi) is 12.9. The van der Waals surface area contributed by atoms with E-state index in [0.717, 1.165) is 127 Å². The summed E-state index contributed by atoms with van der Waals surface area (Å²) in [6.45, 7) is 0. The van der Waals surface area contributed by atoms with E-state index in [2.05, 4.69) is 382 Å². The van der Waals surface area contributed by atoms with Gasteiger partial charge in [-0.2, -0.15) is 0 Å². The second-order valence-corrected chi connectivity index (χ2v) is 26.9. The summed E-state index contributed by atoms with van der Waals surface area (Å²) in [4.78, 5) is 11.7. The average Bonchev–Trinajstić information content (AvgIpc) is 1.56. The molecule has 0 atom stereocenters. The molecule has 15 aromatic carbocycles. The molecular weight excluding hydrogens is 1240 g/mol. The fourth-order valence-corrected chi connectivity index (χ4v) is 16.4. The molecule has 6 aromatic heterocycles. The monoisotopic (exact) mass is 1300 g/mol. The summed E-state index contributed by atoms with van der Waals surface area (Å²) in [6, 6.07) is 133. The molecule has 0 saturated heterocycles. The van der Waals surface area contributed by atoms with Crippen LogP contribution in [0.15, 0.2) is 364 Å². The topological polar surface area (TPSA) is 45.5 Å². The van der Waals surface area contributed by atoms with Gasteiger partial charge in [0.1, 0.15) is 11.6 Å². The zero-order chi connectivity index (χ0) is 66.9. The molecule has 0 aliphatic heterocycles. The Hall–Kier alpha value is -13.7. The van der Waals surface area contributed by atoms with Crippen LogP contribution in [0.25, 0.3) is 199 Å². The first-order chi connectivity index (χ1) is 50.6. The number of rotatable bonds is 10. The minimum Gasteiger partial charge on any atom is -0.309 e. The SMILES string of the molecule is c1ccc(-c2cc(-c3ccccc3)cc(-c3cccc(-c4cc(-n5c6ccccc6c6cc(-c7ccc8c(c7)c7ccccc7n8-c7ccccc7)ccc65)nc5c4ccc4ccc(-n6c7ccccc7c7cc(-c8ccc9c(c8)c8ccccc8n9-c8ccccc8)ccc76)nc45)c3)c2)cc1. The van der Waals surface area contributed by atoms with Crippen LogP contribution in [-0.4, -0.2) is 28.2 Å². The van der Waals surface area contributed by atoms with E-state index in [1.165, 1.54) is 71.4 Å². The molecule has 0 radical (unpaired) electrons. The van der Waals surface area contributed by atoms with E-state index in [1.54, 1.807) is 0 Å². The van der Waals surface area contributed by atoms with Gasteiger partial charge in [-0.25, -0.2) is 9.97 Å². The van der Waals surface area contributed by atoms with Crippen LogP contribution in [0.4, 0.5) is 0 Å². The molecule has 6 heteroatoms. The molecular formula is C96H60N6. The highest BCUT2D eigenvalue weighted by atomic mass is 15.1. The number of pyridine rings is 2. The molecule has 0 amide bonds. The summed E-state index contributed by atoms with van der Waals surface area (Å²) >= 11 is 0. The summed E-state index contributed by atoms with van der Waals surface area (Å²) in [5.74, 6) is 1.63. The molecule has 6 heterocycles. The van der Waals surface area contributed by atoms with E-state index < -0.39 is 0 Å². The minimum absolute atomic E-state index is 0.807. The Bertz CT molecular complexity index is 6920. The van der Waals surface area contributed by atoms with Crippen LogP contribution in [0, 0.1) is 0 Å². The lowest BCUT2D eigenvalue weighted by Gasteiger charge is -2.16. The van der Waals surface area contributed by atoms with Crippen molar-refractivity contribution in [2.75, 3.05) is 0 Å². The highest BCUT2D eigenvalue weighted by Gasteiger charge is 2.23. The van der Waals surface area contributed by atoms with Crippen molar-refractivity contribution in [2.24, 2.45) is 0 Å². The largest absolute Gasteiger partial charge is 0.309 e. The predicted molar refractivity (Wildman–Crippen MR) is 427 cm³/mol. The third-order valence-electron chi connectivity index (χ3n) is 21.1. The highest BCUT2D eigenvalue weighted by Crippen LogP contribution is 2.44. The lowest BCUT2D eigenvalue weighted by atomic mass is 9.91. The summed E-state index contributed by atoms with van der Waals surface area (Å²) in [5.41, 5.74) is 26.7. The smallest absolute Gasteiger partial charge is 0.139 e. The zero-order valence-corrected chi connectivity index (χ0v) is 55.3. The van der Waals surface area contributed by atoms with Crippen molar-refractivity contribution in [1.29, 1.82) is 0 Å². The van der Waals surface area contributed by atoms with E-state index in [4.69, 9.17) is 9.97 Å². The number of fused-ring (bicyclic) bond motifs is 15. The zero-order valence-electron chi connectivity index (χ0n) is 55.3. The number of hydrogen-bond acceptors (Lipinski definition) is 2. The van der Waals surface area contributed by atoms with Gasteiger partial charge in [-0.05, 0) is 206 Å². The molecule has 6 nitrogen and oxygen atoms in total. The van der Waals surface area contributed by atoms with Gasteiger partial charge in [-0.15, -0.1) is 0 Å². The van der Waals surface area contributed by atoms with Gasteiger partial charge in [0.25, 0.3) is 0 Å². The number of nitrogens with zero attached hydrogens (tertiary/aromatic N) is 6. The van der Waals surface area contributed by atoms with E-state index in [-0.39, 0.29) is 0 Å². The molecule has 0 aliphatic carbocycles. The molecule has 21 rings (SSSR count). The molecule has 0 N–H and O–H groups in total. The second kappa shape index (κ2) is 23.0. The highest BCUT2D eigenvalue weighted by molar-refractivity contribution is 6.16. The van der Waals surface area contributed by atoms with Crippen LogP contribution in [-0.2, 0) is 0 Å². The maximum Gasteiger partial charge on any atom is 0.139 e. The Morgan fingerprint density at radius 3 is 0.951 bits per heavy atom. The molecule has 0 unspecified atom stereocenters. The summed E-state index contributed by atoms with van der Waals surface area (Å²) in [6.07, 6.45) is 0. The van der Waals surface area contributed by atoms with Crippen LogP contribution in [0.3, 0.4) is 0 Å². The molecule has 0 saturated carbocycles. The van der Waals surface area contributed by atoms with Gasteiger partial charge in [-0.3, -0.25) is 9.13 Å². The standard InChI is InChI=1S/C96H60N6/c1-5-22-61(23-6-1)70-53-71(62-24-7-2-8-25-62)55-72(54-70)64-26-21-27-69(52-64)80-60-94(102-88-39-20-16-35-78(88)84-59-68(44-50-92(84)102)66-42-48-90-82(57-66)76-33-14-18-37-86(76)100(90)74-30-11-4-12-31-74)98-96-79(80)46-40-63-45-51-93(97-95(63)96)101-87-38-19-15-34-77(87)83-58-67(43-49-91(83)101)65-41-47-89-81(56-65)75-32-13-17-36-85(75)99(89)73-28-9-3-10-29-73/h1-60H. The van der Waals surface area contributed by atoms with Crippen molar-refractivity contribution in [2.45, 2.75) is 0 Å². The fraction of sp³-hybridized carbons (Fsp3) is 0. The van der Waals surface area contributed by atoms with E-state index in [1.807, 2.05) is 0 Å². The average molecular weight is 1300 g/mol. The molecule has 21 aromatic rings. The molecule has 0 fully saturated rings. The van der Waals surface area contributed by atoms with Gasteiger partial charge < -0.3 is 9.13 Å². The van der Waals surface area contributed by atoms with Crippen LogP contribution in [0.1, 0.15) is 0 Å². The second-order valence-electron chi connectivity index (χ2n) is 26.9. The third-order valence-corrected chi connectivity index (χ3v) is 21.1. The lowest BCUT2D eigenvalue weighted by molar-refractivity contribution is 1.09. The van der Waals surface area contributed by atoms with Crippen LogP contribution in [0.5, 0.6) is 0 Å². The molecule has 0 spiro atoms. The van der Waals surface area contributed by atoms with Crippen LogP contribution >= 0.6 is 0 Å². The molecule has 0 aliphatic rings. The first-order valence-electron chi connectivity index (χ1n) is 34.9. The Balaban J connectivity index is 0.753. The maximum atomic E-state index is 5.91. The van der Waals surface area contributed by atoms with E-state index in [0.29, 0.717) is 0 Å². The molecule has 0 bridgehead atoms. The number of para-hydroxylation sites is 6. The van der Waals surface area contributed by atoms with Crippen LogP contribution < -0.4 is 0 Å². The van der Waals surface area contributed by atoms with Crippen molar-refractivity contribution in [3.63, 3.8) is 0 Å². The lowest BCUT2D eigenvalue weighted by Crippen LogP contribution is -2.02. The van der Waals surface area contributed by atoms with E-state index >= 15 is 0 Å². The van der Waals surface area contributed by atoms with Gasteiger partial charge in [-0.1, -0.05) is 224 Å². The molecule has 102 heavy (non-hydrogen) atoms. The number of aromatic nitrogens is 6. The minimum atomic E-state index is 0.807. The Morgan fingerprint density at radius 2 is 0.490 bits per heavy atom.